The minimum atomic E-state index is -0.449. The van der Waals surface area contributed by atoms with Crippen LogP contribution in [0.4, 0.5) is 0 Å². The van der Waals surface area contributed by atoms with Crippen LogP contribution < -0.4 is 5.32 Å². The van der Waals surface area contributed by atoms with Crippen LogP contribution in [0.15, 0.2) is 0 Å². The number of rotatable bonds is 6. The van der Waals surface area contributed by atoms with Gasteiger partial charge >= 0.3 is 5.97 Å². The van der Waals surface area contributed by atoms with E-state index in [-0.39, 0.29) is 5.97 Å². The van der Waals surface area contributed by atoms with Crippen LogP contribution >= 0.6 is 0 Å². The number of nitrogens with zero attached hydrogens (tertiary/aromatic N) is 2. The van der Waals surface area contributed by atoms with E-state index in [1.54, 1.807) is 0 Å². The normalized spacial score (nSPS) is 33.8. The second-order valence-corrected chi connectivity index (χ2v) is 6.80. The Morgan fingerprint density at radius 2 is 2.19 bits per heavy atom. The minimum Gasteiger partial charge on any atom is -0.468 e. The maximum absolute atomic E-state index is 12.2. The number of carbonyl (C=O) groups is 1. The van der Waals surface area contributed by atoms with Crippen molar-refractivity contribution in [3.05, 3.63) is 0 Å². The summed E-state index contributed by atoms with van der Waals surface area (Å²) in [5.41, 5.74) is -0.449. The van der Waals surface area contributed by atoms with Gasteiger partial charge in [0.25, 0.3) is 0 Å². The van der Waals surface area contributed by atoms with Gasteiger partial charge in [-0.15, -0.1) is 0 Å². The van der Waals surface area contributed by atoms with Crippen LogP contribution in [-0.4, -0.2) is 75.2 Å². The quantitative estimate of drug-likeness (QED) is 0.739. The molecule has 1 saturated carbocycles. The largest absolute Gasteiger partial charge is 0.468 e. The lowest BCUT2D eigenvalue weighted by Crippen LogP contribution is -2.54. The molecule has 2 rings (SSSR count). The number of hydrogen-bond donors (Lipinski definition) is 1. The molecule has 21 heavy (non-hydrogen) atoms. The van der Waals surface area contributed by atoms with E-state index in [9.17, 15) is 4.79 Å². The maximum Gasteiger partial charge on any atom is 0.326 e. The van der Waals surface area contributed by atoms with Gasteiger partial charge in [0.15, 0.2) is 0 Å². The average molecular weight is 297 g/mol. The molecule has 122 valence electrons. The first-order valence-corrected chi connectivity index (χ1v) is 8.19. The van der Waals surface area contributed by atoms with Crippen molar-refractivity contribution in [2.45, 2.75) is 43.7 Å². The van der Waals surface area contributed by atoms with Gasteiger partial charge in [0.05, 0.1) is 7.11 Å². The number of nitrogens with one attached hydrogen (secondary N) is 1. The van der Waals surface area contributed by atoms with Crippen LogP contribution in [0.2, 0.25) is 0 Å². The Labute approximate surface area is 129 Å². The van der Waals surface area contributed by atoms with E-state index in [0.717, 1.165) is 38.8 Å². The van der Waals surface area contributed by atoms with Crippen molar-refractivity contribution in [3.63, 3.8) is 0 Å². The average Bonchev–Trinajstić information content (AvgIpc) is 3.11. The molecule has 5 heteroatoms. The third-order valence-electron chi connectivity index (χ3n) is 5.59. The number of likely N-dealkylation sites (tertiary alicyclic amines) is 1. The van der Waals surface area contributed by atoms with Crippen LogP contribution in [0, 0.1) is 5.92 Å². The lowest BCUT2D eigenvalue weighted by Gasteiger charge is -2.33. The second-order valence-electron chi connectivity index (χ2n) is 6.80. The zero-order valence-electron chi connectivity index (χ0n) is 14.0. The zero-order chi connectivity index (χ0) is 15.5. The summed E-state index contributed by atoms with van der Waals surface area (Å²) < 4.78 is 5.06. The van der Waals surface area contributed by atoms with Crippen molar-refractivity contribution in [2.24, 2.45) is 5.92 Å². The van der Waals surface area contributed by atoms with Crippen LogP contribution in [0.5, 0.6) is 0 Å². The molecule has 0 spiro atoms. The van der Waals surface area contributed by atoms with Crippen molar-refractivity contribution in [3.8, 4) is 0 Å². The van der Waals surface area contributed by atoms with Gasteiger partial charge in [-0.25, -0.2) is 0 Å². The van der Waals surface area contributed by atoms with Crippen molar-refractivity contribution in [2.75, 3.05) is 47.9 Å². The summed E-state index contributed by atoms with van der Waals surface area (Å²) in [6, 6.07) is 0.684. The number of likely N-dealkylation sites (N-methyl/N-ethyl adjacent to an activating group) is 2. The molecule has 0 aromatic heterocycles. The van der Waals surface area contributed by atoms with E-state index in [0.29, 0.717) is 12.0 Å². The highest BCUT2D eigenvalue weighted by Crippen LogP contribution is 2.39. The van der Waals surface area contributed by atoms with Gasteiger partial charge in [0.1, 0.15) is 5.54 Å². The lowest BCUT2D eigenvalue weighted by molar-refractivity contribution is -0.150. The van der Waals surface area contributed by atoms with Crippen molar-refractivity contribution >= 4 is 5.97 Å². The molecule has 5 nitrogen and oxygen atoms in total. The van der Waals surface area contributed by atoms with Gasteiger partial charge in [0.2, 0.25) is 0 Å². The molecule has 0 aromatic rings. The molecule has 1 saturated heterocycles. The summed E-state index contributed by atoms with van der Waals surface area (Å²) in [6.07, 6.45) is 5.48. The van der Waals surface area contributed by atoms with E-state index in [4.69, 9.17) is 4.74 Å². The minimum absolute atomic E-state index is 0.0833. The molecule has 3 unspecified atom stereocenters. The number of hydrogen-bond acceptors (Lipinski definition) is 5. The Kier molecular flexibility index (Phi) is 5.63. The first kappa shape index (κ1) is 16.7. The number of ether oxygens (including phenoxy) is 1. The smallest absolute Gasteiger partial charge is 0.326 e. The molecule has 1 N–H and O–H groups in total. The van der Waals surface area contributed by atoms with E-state index < -0.39 is 5.54 Å². The topological polar surface area (TPSA) is 44.8 Å². The zero-order valence-corrected chi connectivity index (χ0v) is 14.0. The van der Waals surface area contributed by atoms with Gasteiger partial charge in [-0.2, -0.15) is 0 Å². The van der Waals surface area contributed by atoms with Crippen molar-refractivity contribution in [1.29, 1.82) is 0 Å². The SMILES string of the molecule is CNC1(C(=O)OC)CCCC1CCN1CCC(N(C)C)C1. The molecule has 0 amide bonds. The molecule has 1 aliphatic carbocycles. The molecule has 0 radical (unpaired) electrons. The number of esters is 1. The molecule has 1 aliphatic heterocycles. The molecular formula is C16H31N3O2. The highest BCUT2D eigenvalue weighted by Gasteiger charge is 2.48. The van der Waals surface area contributed by atoms with Crippen LogP contribution in [0.25, 0.3) is 0 Å². The van der Waals surface area contributed by atoms with Crippen LogP contribution in [0.3, 0.4) is 0 Å². The Morgan fingerprint density at radius 1 is 1.43 bits per heavy atom. The predicted octanol–water partition coefficient (Wildman–Crippen LogP) is 0.944. The predicted molar refractivity (Wildman–Crippen MR) is 84.3 cm³/mol. The van der Waals surface area contributed by atoms with Crippen LogP contribution in [0.1, 0.15) is 32.1 Å². The third-order valence-corrected chi connectivity index (χ3v) is 5.59. The highest BCUT2D eigenvalue weighted by molar-refractivity contribution is 5.81. The Balaban J connectivity index is 1.89. The fraction of sp³-hybridized carbons (Fsp3) is 0.938. The summed E-state index contributed by atoms with van der Waals surface area (Å²) in [6.45, 7) is 3.43. The van der Waals surface area contributed by atoms with Gasteiger partial charge in [-0.05, 0) is 65.8 Å². The van der Waals surface area contributed by atoms with Gasteiger partial charge in [-0.3, -0.25) is 4.79 Å². The summed E-state index contributed by atoms with van der Waals surface area (Å²) in [5.74, 6) is 0.313. The fourth-order valence-electron chi connectivity index (χ4n) is 4.13. The lowest BCUT2D eigenvalue weighted by atomic mass is 9.84. The summed E-state index contributed by atoms with van der Waals surface area (Å²) in [4.78, 5) is 17.1. The van der Waals surface area contributed by atoms with E-state index >= 15 is 0 Å². The van der Waals surface area contributed by atoms with Crippen molar-refractivity contribution in [1.82, 2.24) is 15.1 Å². The summed E-state index contributed by atoms with van der Waals surface area (Å²) >= 11 is 0. The second kappa shape index (κ2) is 7.07. The van der Waals surface area contributed by atoms with Crippen molar-refractivity contribution < 1.29 is 9.53 Å². The van der Waals surface area contributed by atoms with E-state index in [1.807, 2.05) is 7.05 Å². The first-order valence-electron chi connectivity index (χ1n) is 8.19. The summed E-state index contributed by atoms with van der Waals surface area (Å²) in [7, 11) is 7.72. The Morgan fingerprint density at radius 3 is 2.76 bits per heavy atom. The van der Waals surface area contributed by atoms with Gasteiger partial charge in [-0.1, -0.05) is 6.42 Å². The standard InChI is InChI=1S/C16H31N3O2/c1-17-16(15(20)21-4)9-5-6-13(16)7-10-19-11-8-14(12-19)18(2)3/h13-14,17H,5-12H2,1-4H3. The van der Waals surface area contributed by atoms with E-state index in [1.165, 1.54) is 20.1 Å². The molecule has 0 bridgehead atoms. The van der Waals surface area contributed by atoms with E-state index in [2.05, 4.69) is 29.2 Å². The monoisotopic (exact) mass is 297 g/mol. The Bertz CT molecular complexity index is 361. The highest BCUT2D eigenvalue weighted by atomic mass is 16.5. The van der Waals surface area contributed by atoms with Gasteiger partial charge in [0, 0.05) is 12.6 Å². The fourth-order valence-corrected chi connectivity index (χ4v) is 4.13. The van der Waals surface area contributed by atoms with Crippen LogP contribution in [-0.2, 0) is 9.53 Å². The third kappa shape index (κ3) is 3.41. The van der Waals surface area contributed by atoms with Gasteiger partial charge < -0.3 is 19.9 Å². The summed E-state index contributed by atoms with van der Waals surface area (Å²) in [5, 5.41) is 3.28. The maximum atomic E-state index is 12.2. The Hall–Kier alpha value is -0.650. The molecule has 2 aliphatic rings. The first-order chi connectivity index (χ1) is 10.0. The molecular weight excluding hydrogens is 266 g/mol. The molecule has 1 heterocycles. The molecule has 3 atom stereocenters. The molecule has 0 aromatic carbocycles. The number of carbonyl (C=O) groups excluding carboxylic acids is 1. The molecule has 2 fully saturated rings. The number of methoxy groups -OCH3 is 1.